The smallest absolute Gasteiger partial charge is 0.337 e. The Labute approximate surface area is 94.8 Å². The summed E-state index contributed by atoms with van der Waals surface area (Å²) in [7, 11) is 1.35. The van der Waals surface area contributed by atoms with Gasteiger partial charge in [0, 0.05) is 11.7 Å². The van der Waals surface area contributed by atoms with Crippen LogP contribution in [0.3, 0.4) is 0 Å². The van der Waals surface area contributed by atoms with Gasteiger partial charge in [-0.2, -0.15) is 5.26 Å². The summed E-state index contributed by atoms with van der Waals surface area (Å²) >= 11 is 0. The molecule has 0 spiro atoms. The zero-order chi connectivity index (χ0) is 12.0. The lowest BCUT2D eigenvalue weighted by atomic mass is 10.2. The van der Waals surface area contributed by atoms with Gasteiger partial charge in [-0.15, -0.1) is 0 Å². The van der Waals surface area contributed by atoms with Gasteiger partial charge in [-0.1, -0.05) is 0 Å². The third-order valence-corrected chi connectivity index (χ3v) is 2.12. The quantitative estimate of drug-likeness (QED) is 0.787. The Morgan fingerprint density at radius 1 is 1.50 bits per heavy atom. The van der Waals surface area contributed by atoms with Crippen molar-refractivity contribution in [3.05, 3.63) is 29.8 Å². The molecule has 0 heterocycles. The normalized spacial score (nSPS) is 11.3. The molecule has 0 amide bonds. The van der Waals surface area contributed by atoms with E-state index in [9.17, 15) is 4.79 Å². The van der Waals surface area contributed by atoms with Crippen LogP contribution < -0.4 is 5.32 Å². The second-order valence-electron chi connectivity index (χ2n) is 3.48. The van der Waals surface area contributed by atoms with E-state index in [-0.39, 0.29) is 12.0 Å². The molecule has 16 heavy (non-hydrogen) atoms. The van der Waals surface area contributed by atoms with Crippen molar-refractivity contribution in [2.75, 3.05) is 12.4 Å². The summed E-state index contributed by atoms with van der Waals surface area (Å²) in [4.78, 5) is 11.2. The van der Waals surface area contributed by atoms with Gasteiger partial charge in [-0.3, -0.25) is 0 Å². The third kappa shape index (κ3) is 3.28. The van der Waals surface area contributed by atoms with Crippen molar-refractivity contribution in [1.82, 2.24) is 0 Å². The molecule has 0 aliphatic heterocycles. The number of hydrogen-bond acceptors (Lipinski definition) is 4. The largest absolute Gasteiger partial charge is 0.465 e. The van der Waals surface area contributed by atoms with E-state index in [0.29, 0.717) is 12.0 Å². The van der Waals surface area contributed by atoms with Crippen LogP contribution in [-0.2, 0) is 4.74 Å². The molecule has 1 aromatic rings. The molecule has 1 aromatic carbocycles. The van der Waals surface area contributed by atoms with E-state index in [0.717, 1.165) is 5.69 Å². The molecule has 0 bridgehead atoms. The lowest BCUT2D eigenvalue weighted by molar-refractivity contribution is 0.0601. The molecule has 0 saturated heterocycles. The molecule has 1 rings (SSSR count). The minimum atomic E-state index is -0.350. The molecule has 0 fully saturated rings. The van der Waals surface area contributed by atoms with Crippen LogP contribution >= 0.6 is 0 Å². The lowest BCUT2D eigenvalue weighted by Crippen LogP contribution is -2.14. The highest BCUT2D eigenvalue weighted by Gasteiger charge is 2.05. The molecular weight excluding hydrogens is 204 g/mol. The molecule has 84 valence electrons. The number of carbonyl (C=O) groups is 1. The van der Waals surface area contributed by atoms with Crippen molar-refractivity contribution in [1.29, 1.82) is 5.26 Å². The van der Waals surface area contributed by atoms with Crippen molar-refractivity contribution in [2.24, 2.45) is 0 Å². The molecule has 1 atom stereocenters. The van der Waals surface area contributed by atoms with Gasteiger partial charge in [-0.05, 0) is 31.2 Å². The van der Waals surface area contributed by atoms with Gasteiger partial charge in [0.25, 0.3) is 0 Å². The third-order valence-electron chi connectivity index (χ3n) is 2.12. The van der Waals surface area contributed by atoms with E-state index in [1.54, 1.807) is 24.3 Å². The summed E-state index contributed by atoms with van der Waals surface area (Å²) in [5, 5.41) is 11.7. The summed E-state index contributed by atoms with van der Waals surface area (Å²) in [5.41, 5.74) is 1.40. The van der Waals surface area contributed by atoms with Crippen LogP contribution in [0.4, 0.5) is 5.69 Å². The van der Waals surface area contributed by atoms with E-state index < -0.39 is 0 Å². The first-order valence-electron chi connectivity index (χ1n) is 4.99. The van der Waals surface area contributed by atoms with Gasteiger partial charge in [0.05, 0.1) is 25.2 Å². The zero-order valence-electron chi connectivity index (χ0n) is 9.36. The highest BCUT2D eigenvalue weighted by molar-refractivity contribution is 5.89. The molecular formula is C12H14N2O2. The molecule has 0 aliphatic rings. The predicted octanol–water partition coefficient (Wildman–Crippen LogP) is 2.19. The van der Waals surface area contributed by atoms with Crippen LogP contribution in [-0.4, -0.2) is 19.1 Å². The molecule has 0 radical (unpaired) electrons. The molecule has 1 N–H and O–H groups in total. The zero-order valence-corrected chi connectivity index (χ0v) is 9.36. The van der Waals surface area contributed by atoms with E-state index in [2.05, 4.69) is 16.1 Å². The van der Waals surface area contributed by atoms with E-state index >= 15 is 0 Å². The second-order valence-corrected chi connectivity index (χ2v) is 3.48. The predicted molar refractivity (Wildman–Crippen MR) is 61.1 cm³/mol. The molecule has 1 unspecified atom stereocenters. The van der Waals surface area contributed by atoms with Crippen molar-refractivity contribution in [3.63, 3.8) is 0 Å². The van der Waals surface area contributed by atoms with Gasteiger partial charge in [0.2, 0.25) is 0 Å². The first-order chi connectivity index (χ1) is 7.67. The Morgan fingerprint density at radius 3 is 2.62 bits per heavy atom. The van der Waals surface area contributed by atoms with E-state index in [4.69, 9.17) is 5.26 Å². The fourth-order valence-electron chi connectivity index (χ4n) is 1.29. The Bertz CT molecular complexity index is 392. The lowest BCUT2D eigenvalue weighted by Gasteiger charge is -2.11. The fraction of sp³-hybridized carbons (Fsp3) is 0.333. The van der Waals surface area contributed by atoms with Gasteiger partial charge in [0.1, 0.15) is 0 Å². The first kappa shape index (κ1) is 12.1. The summed E-state index contributed by atoms with van der Waals surface area (Å²) < 4.78 is 4.59. The number of esters is 1. The minimum absolute atomic E-state index is 0.0916. The Morgan fingerprint density at radius 2 is 2.12 bits per heavy atom. The van der Waals surface area contributed by atoms with Crippen LogP contribution in [0.25, 0.3) is 0 Å². The topological polar surface area (TPSA) is 62.1 Å². The van der Waals surface area contributed by atoms with Gasteiger partial charge in [0.15, 0.2) is 0 Å². The van der Waals surface area contributed by atoms with Crippen LogP contribution in [0.2, 0.25) is 0 Å². The van der Waals surface area contributed by atoms with E-state index in [1.807, 2.05) is 6.92 Å². The average molecular weight is 218 g/mol. The Hall–Kier alpha value is -2.02. The van der Waals surface area contributed by atoms with Crippen LogP contribution in [0.15, 0.2) is 24.3 Å². The Kier molecular flexibility index (Phi) is 4.34. The van der Waals surface area contributed by atoms with Crippen LogP contribution in [0.5, 0.6) is 0 Å². The maximum absolute atomic E-state index is 11.2. The first-order valence-corrected chi connectivity index (χ1v) is 4.99. The Balaban J connectivity index is 2.65. The standard InChI is InChI=1S/C12H14N2O2/c1-9(7-8-13)14-11-5-3-10(4-6-11)12(15)16-2/h3-6,9,14H,7H2,1-2H3. The second kappa shape index (κ2) is 5.76. The minimum Gasteiger partial charge on any atom is -0.465 e. The van der Waals surface area contributed by atoms with E-state index in [1.165, 1.54) is 7.11 Å². The number of nitrogens with zero attached hydrogens (tertiary/aromatic N) is 1. The van der Waals surface area contributed by atoms with Crippen molar-refractivity contribution in [3.8, 4) is 6.07 Å². The van der Waals surface area contributed by atoms with Gasteiger partial charge >= 0.3 is 5.97 Å². The summed E-state index contributed by atoms with van der Waals surface area (Å²) in [6.07, 6.45) is 0.443. The molecule has 4 nitrogen and oxygen atoms in total. The fourth-order valence-corrected chi connectivity index (χ4v) is 1.29. The number of anilines is 1. The number of hydrogen-bond donors (Lipinski definition) is 1. The van der Waals surface area contributed by atoms with Gasteiger partial charge < -0.3 is 10.1 Å². The van der Waals surface area contributed by atoms with Crippen molar-refractivity contribution < 1.29 is 9.53 Å². The number of nitrogens with one attached hydrogen (secondary N) is 1. The van der Waals surface area contributed by atoms with Crippen LogP contribution in [0, 0.1) is 11.3 Å². The highest BCUT2D eigenvalue weighted by Crippen LogP contribution is 2.12. The molecule has 0 aromatic heterocycles. The van der Waals surface area contributed by atoms with Crippen molar-refractivity contribution >= 4 is 11.7 Å². The summed E-state index contributed by atoms with van der Waals surface area (Å²) in [6, 6.07) is 9.14. The van der Waals surface area contributed by atoms with Crippen molar-refractivity contribution in [2.45, 2.75) is 19.4 Å². The number of ether oxygens (including phenoxy) is 1. The maximum atomic E-state index is 11.2. The SMILES string of the molecule is COC(=O)c1ccc(NC(C)CC#N)cc1. The highest BCUT2D eigenvalue weighted by atomic mass is 16.5. The summed E-state index contributed by atoms with van der Waals surface area (Å²) in [6.45, 7) is 1.93. The van der Waals surface area contributed by atoms with Gasteiger partial charge in [-0.25, -0.2) is 4.79 Å². The number of rotatable bonds is 4. The molecule has 4 heteroatoms. The number of carbonyl (C=O) groups excluding carboxylic acids is 1. The molecule has 0 saturated carbocycles. The summed E-state index contributed by atoms with van der Waals surface area (Å²) in [5.74, 6) is -0.350. The maximum Gasteiger partial charge on any atom is 0.337 e. The number of methoxy groups -OCH3 is 1. The monoisotopic (exact) mass is 218 g/mol. The number of nitriles is 1. The van der Waals surface area contributed by atoms with Crippen LogP contribution in [0.1, 0.15) is 23.7 Å². The average Bonchev–Trinajstić information content (AvgIpc) is 2.29. The molecule has 0 aliphatic carbocycles. The number of benzene rings is 1.